The van der Waals surface area contributed by atoms with Crippen molar-refractivity contribution in [2.24, 2.45) is 0 Å². The number of rotatable bonds is 0. The summed E-state index contributed by atoms with van der Waals surface area (Å²) in [5.41, 5.74) is 0.560. The SMILES string of the molecule is C#CC1=CCCC1=O. The van der Waals surface area contributed by atoms with E-state index in [1.165, 1.54) is 0 Å². The Morgan fingerprint density at radius 3 is 2.75 bits per heavy atom. The predicted octanol–water partition coefficient (Wildman–Crippen LogP) is 0.909. The molecule has 0 aliphatic heterocycles. The molecule has 0 saturated heterocycles. The summed E-state index contributed by atoms with van der Waals surface area (Å²) < 4.78 is 0. The molecule has 0 saturated carbocycles. The highest BCUT2D eigenvalue weighted by Gasteiger charge is 2.10. The number of carbonyl (C=O) groups excluding carboxylic acids is 1. The first-order valence-electron chi connectivity index (χ1n) is 2.54. The molecule has 1 aliphatic carbocycles. The van der Waals surface area contributed by atoms with Crippen LogP contribution >= 0.6 is 0 Å². The molecule has 0 spiro atoms. The maximum Gasteiger partial charge on any atom is 0.171 e. The Labute approximate surface area is 48.4 Å². The van der Waals surface area contributed by atoms with E-state index in [4.69, 9.17) is 6.42 Å². The van der Waals surface area contributed by atoms with Gasteiger partial charge < -0.3 is 0 Å². The third kappa shape index (κ3) is 0.651. The number of hydrogen-bond acceptors (Lipinski definition) is 1. The van der Waals surface area contributed by atoms with Crippen LogP contribution in [0.4, 0.5) is 0 Å². The topological polar surface area (TPSA) is 17.1 Å². The van der Waals surface area contributed by atoms with Gasteiger partial charge in [0.2, 0.25) is 0 Å². The molecule has 0 unspecified atom stereocenters. The third-order valence-corrected chi connectivity index (χ3v) is 1.18. The van der Waals surface area contributed by atoms with E-state index in [0.717, 1.165) is 6.42 Å². The van der Waals surface area contributed by atoms with Gasteiger partial charge in [0.05, 0.1) is 5.57 Å². The molecule has 0 amide bonds. The van der Waals surface area contributed by atoms with Gasteiger partial charge in [-0.15, -0.1) is 6.42 Å². The summed E-state index contributed by atoms with van der Waals surface area (Å²) in [5, 5.41) is 0. The second-order valence-electron chi connectivity index (χ2n) is 1.72. The molecular formula is C7H6O. The maximum absolute atomic E-state index is 10.6. The molecule has 0 heterocycles. The summed E-state index contributed by atoms with van der Waals surface area (Å²) in [6.07, 6.45) is 8.24. The Morgan fingerprint density at radius 2 is 2.50 bits per heavy atom. The van der Waals surface area contributed by atoms with Crippen molar-refractivity contribution < 1.29 is 4.79 Å². The minimum Gasteiger partial charge on any atom is -0.293 e. The average Bonchev–Trinajstić information content (AvgIpc) is 2.14. The van der Waals surface area contributed by atoms with Crippen LogP contribution in [0.2, 0.25) is 0 Å². The fraction of sp³-hybridized carbons (Fsp3) is 0.286. The van der Waals surface area contributed by atoms with E-state index >= 15 is 0 Å². The van der Waals surface area contributed by atoms with E-state index in [2.05, 4.69) is 5.92 Å². The second kappa shape index (κ2) is 1.83. The number of ketones is 1. The Hall–Kier alpha value is -1.03. The molecule has 0 radical (unpaired) electrons. The molecule has 0 bridgehead atoms. The van der Waals surface area contributed by atoms with Gasteiger partial charge in [-0.1, -0.05) is 12.0 Å². The first kappa shape index (κ1) is 5.11. The maximum atomic E-state index is 10.6. The van der Waals surface area contributed by atoms with Crippen molar-refractivity contribution in [1.29, 1.82) is 0 Å². The smallest absolute Gasteiger partial charge is 0.171 e. The van der Waals surface area contributed by atoms with Crippen LogP contribution in [0.25, 0.3) is 0 Å². The van der Waals surface area contributed by atoms with E-state index in [1.807, 2.05) is 6.08 Å². The molecule has 8 heavy (non-hydrogen) atoms. The zero-order chi connectivity index (χ0) is 5.98. The molecule has 0 fully saturated rings. The zero-order valence-electron chi connectivity index (χ0n) is 4.48. The van der Waals surface area contributed by atoms with Crippen LogP contribution in [0.1, 0.15) is 12.8 Å². The lowest BCUT2D eigenvalue weighted by Gasteiger charge is -1.81. The van der Waals surface area contributed by atoms with Crippen LogP contribution in [0.15, 0.2) is 11.6 Å². The van der Waals surface area contributed by atoms with Crippen molar-refractivity contribution >= 4 is 5.78 Å². The lowest BCUT2D eigenvalue weighted by Crippen LogP contribution is -1.90. The fourth-order valence-electron chi connectivity index (χ4n) is 0.736. The van der Waals surface area contributed by atoms with Crippen molar-refractivity contribution in [3.05, 3.63) is 11.6 Å². The minimum atomic E-state index is 0.118. The Kier molecular flexibility index (Phi) is 1.17. The van der Waals surface area contributed by atoms with Gasteiger partial charge in [-0.2, -0.15) is 0 Å². The van der Waals surface area contributed by atoms with Crippen molar-refractivity contribution in [1.82, 2.24) is 0 Å². The molecular weight excluding hydrogens is 100 g/mol. The van der Waals surface area contributed by atoms with Gasteiger partial charge in [0, 0.05) is 6.42 Å². The lowest BCUT2D eigenvalue weighted by molar-refractivity contribution is -0.114. The number of carbonyl (C=O) groups is 1. The quantitative estimate of drug-likeness (QED) is 0.419. The number of terminal acetylenes is 1. The normalized spacial score (nSPS) is 17.9. The van der Waals surface area contributed by atoms with E-state index in [9.17, 15) is 4.79 Å². The summed E-state index contributed by atoms with van der Waals surface area (Å²) in [6.45, 7) is 0. The summed E-state index contributed by atoms with van der Waals surface area (Å²) in [7, 11) is 0. The molecule has 0 aromatic carbocycles. The third-order valence-electron chi connectivity index (χ3n) is 1.18. The number of hydrogen-bond donors (Lipinski definition) is 0. The van der Waals surface area contributed by atoms with Crippen molar-refractivity contribution in [2.45, 2.75) is 12.8 Å². The summed E-state index contributed by atoms with van der Waals surface area (Å²) in [4.78, 5) is 10.6. The molecule has 0 aromatic heterocycles. The monoisotopic (exact) mass is 106 g/mol. The van der Waals surface area contributed by atoms with Crippen LogP contribution in [0, 0.1) is 12.3 Å². The lowest BCUT2D eigenvalue weighted by atomic mass is 10.2. The van der Waals surface area contributed by atoms with Gasteiger partial charge in [-0.25, -0.2) is 0 Å². The van der Waals surface area contributed by atoms with Gasteiger partial charge in [-0.05, 0) is 6.42 Å². The fourth-order valence-corrected chi connectivity index (χ4v) is 0.736. The number of Topliss-reactive ketones (excluding diaryl/α,β-unsaturated/α-hetero) is 1. The van der Waals surface area contributed by atoms with Gasteiger partial charge in [0.1, 0.15) is 0 Å². The standard InChI is InChI=1S/C7H6O/c1-2-6-4-3-5-7(6)8/h1,4H,3,5H2. The zero-order valence-corrected chi connectivity index (χ0v) is 4.48. The van der Waals surface area contributed by atoms with E-state index in [1.54, 1.807) is 0 Å². The van der Waals surface area contributed by atoms with E-state index in [0.29, 0.717) is 12.0 Å². The highest BCUT2D eigenvalue weighted by molar-refractivity contribution is 6.01. The highest BCUT2D eigenvalue weighted by atomic mass is 16.1. The van der Waals surface area contributed by atoms with Gasteiger partial charge >= 0.3 is 0 Å². The van der Waals surface area contributed by atoms with Crippen LogP contribution in [-0.2, 0) is 4.79 Å². The Balaban J connectivity index is 2.81. The van der Waals surface area contributed by atoms with Crippen LogP contribution in [-0.4, -0.2) is 5.78 Å². The summed E-state index contributed by atoms with van der Waals surface area (Å²) in [5.74, 6) is 2.44. The molecule has 0 aromatic rings. The molecule has 0 atom stereocenters. The van der Waals surface area contributed by atoms with Crippen LogP contribution in [0.3, 0.4) is 0 Å². The summed E-state index contributed by atoms with van der Waals surface area (Å²) in [6, 6.07) is 0. The highest BCUT2D eigenvalue weighted by Crippen LogP contribution is 2.11. The van der Waals surface area contributed by atoms with Crippen LogP contribution in [0.5, 0.6) is 0 Å². The average molecular weight is 106 g/mol. The van der Waals surface area contributed by atoms with E-state index in [-0.39, 0.29) is 5.78 Å². The first-order chi connectivity index (χ1) is 3.84. The largest absolute Gasteiger partial charge is 0.293 e. The van der Waals surface area contributed by atoms with Gasteiger partial charge in [0.25, 0.3) is 0 Å². The first-order valence-corrected chi connectivity index (χ1v) is 2.54. The molecule has 40 valence electrons. The Morgan fingerprint density at radius 1 is 1.75 bits per heavy atom. The van der Waals surface area contributed by atoms with Crippen LogP contribution < -0.4 is 0 Å². The van der Waals surface area contributed by atoms with Crippen molar-refractivity contribution in [3.63, 3.8) is 0 Å². The van der Waals surface area contributed by atoms with Gasteiger partial charge in [-0.3, -0.25) is 4.79 Å². The number of allylic oxidation sites excluding steroid dienone is 2. The molecule has 1 heteroatoms. The molecule has 0 N–H and O–H groups in total. The summed E-state index contributed by atoms with van der Waals surface area (Å²) >= 11 is 0. The predicted molar refractivity (Wildman–Crippen MR) is 31.2 cm³/mol. The van der Waals surface area contributed by atoms with E-state index < -0.39 is 0 Å². The van der Waals surface area contributed by atoms with Crippen molar-refractivity contribution in [3.8, 4) is 12.3 Å². The van der Waals surface area contributed by atoms with Gasteiger partial charge in [0.15, 0.2) is 5.78 Å². The minimum absolute atomic E-state index is 0.118. The molecule has 1 aliphatic rings. The Bertz CT molecular complexity index is 181. The second-order valence-corrected chi connectivity index (χ2v) is 1.72. The molecule has 1 nitrogen and oxygen atoms in total. The van der Waals surface area contributed by atoms with Crippen molar-refractivity contribution in [2.75, 3.05) is 0 Å². The molecule has 1 rings (SSSR count).